The Morgan fingerprint density at radius 1 is 1.31 bits per heavy atom. The zero-order valence-corrected chi connectivity index (χ0v) is 8.22. The minimum atomic E-state index is 0.237. The first-order chi connectivity index (χ1) is 6.24. The Balaban J connectivity index is 2.59. The van der Waals surface area contributed by atoms with Crippen molar-refractivity contribution in [2.45, 2.75) is 19.3 Å². The third-order valence-electron chi connectivity index (χ3n) is 1.96. The number of aryl methyl sites for hydroxylation is 1. The fourth-order valence-electron chi connectivity index (χ4n) is 1.22. The number of hydrogen-bond donors (Lipinski definition) is 2. The summed E-state index contributed by atoms with van der Waals surface area (Å²) in [6.45, 7) is 0.237. The molecule has 0 radical (unpaired) electrons. The average molecular weight is 200 g/mol. The van der Waals surface area contributed by atoms with Gasteiger partial charge in [-0.15, -0.1) is 0 Å². The van der Waals surface area contributed by atoms with Crippen LogP contribution in [0.2, 0.25) is 5.02 Å². The zero-order chi connectivity index (χ0) is 9.68. The van der Waals surface area contributed by atoms with E-state index in [1.807, 2.05) is 12.1 Å². The standard InChI is InChI=1S/C10H14ClNO/c11-9-4-5-10(12)8(7-9)3-1-2-6-13/h4-5,7,13H,1-3,6,12H2. The summed E-state index contributed by atoms with van der Waals surface area (Å²) in [5, 5.41) is 9.33. The topological polar surface area (TPSA) is 46.2 Å². The molecule has 0 aliphatic rings. The second kappa shape index (κ2) is 5.10. The van der Waals surface area contributed by atoms with Gasteiger partial charge in [0.15, 0.2) is 0 Å². The molecule has 0 aliphatic heterocycles. The van der Waals surface area contributed by atoms with Gasteiger partial charge in [-0.25, -0.2) is 0 Å². The highest BCUT2D eigenvalue weighted by Crippen LogP contribution is 2.19. The Hall–Kier alpha value is -0.730. The number of unbranched alkanes of at least 4 members (excludes halogenated alkanes) is 1. The average Bonchev–Trinajstić information content (AvgIpc) is 2.11. The van der Waals surface area contributed by atoms with Crippen LogP contribution in [0.4, 0.5) is 5.69 Å². The number of nitrogens with two attached hydrogens (primary N) is 1. The molecule has 3 N–H and O–H groups in total. The van der Waals surface area contributed by atoms with Gasteiger partial charge in [0.2, 0.25) is 0 Å². The summed E-state index contributed by atoms with van der Waals surface area (Å²) in [5.74, 6) is 0. The highest BCUT2D eigenvalue weighted by Gasteiger charge is 1.99. The Labute approximate surface area is 83.3 Å². The van der Waals surface area contributed by atoms with Crippen molar-refractivity contribution in [3.63, 3.8) is 0 Å². The van der Waals surface area contributed by atoms with Crippen LogP contribution < -0.4 is 5.73 Å². The van der Waals surface area contributed by atoms with Crippen molar-refractivity contribution in [1.29, 1.82) is 0 Å². The third-order valence-corrected chi connectivity index (χ3v) is 2.19. The van der Waals surface area contributed by atoms with Gasteiger partial charge >= 0.3 is 0 Å². The largest absolute Gasteiger partial charge is 0.399 e. The van der Waals surface area contributed by atoms with E-state index >= 15 is 0 Å². The maximum atomic E-state index is 8.61. The molecule has 0 heterocycles. The molecule has 1 aromatic carbocycles. The van der Waals surface area contributed by atoms with E-state index in [1.54, 1.807) is 6.07 Å². The molecule has 0 unspecified atom stereocenters. The number of benzene rings is 1. The van der Waals surface area contributed by atoms with Crippen LogP contribution in [0.25, 0.3) is 0 Å². The van der Waals surface area contributed by atoms with E-state index in [2.05, 4.69) is 0 Å². The third kappa shape index (κ3) is 3.25. The first-order valence-corrected chi connectivity index (χ1v) is 4.76. The lowest BCUT2D eigenvalue weighted by Crippen LogP contribution is -1.95. The van der Waals surface area contributed by atoms with Crippen LogP contribution in [0.1, 0.15) is 18.4 Å². The molecule has 2 nitrogen and oxygen atoms in total. The summed E-state index contributed by atoms with van der Waals surface area (Å²) in [5.41, 5.74) is 7.60. The van der Waals surface area contributed by atoms with Gasteiger partial charge in [-0.3, -0.25) is 0 Å². The summed E-state index contributed by atoms with van der Waals surface area (Å²) >= 11 is 5.82. The van der Waals surface area contributed by atoms with Crippen molar-refractivity contribution in [1.82, 2.24) is 0 Å². The van der Waals surface area contributed by atoms with Crippen LogP contribution in [-0.4, -0.2) is 11.7 Å². The van der Waals surface area contributed by atoms with Crippen molar-refractivity contribution in [2.75, 3.05) is 12.3 Å². The molecule has 0 spiro atoms. The number of halogens is 1. The van der Waals surface area contributed by atoms with Gasteiger partial charge in [0.25, 0.3) is 0 Å². The maximum Gasteiger partial charge on any atom is 0.0431 e. The van der Waals surface area contributed by atoms with Crippen molar-refractivity contribution in [3.05, 3.63) is 28.8 Å². The van der Waals surface area contributed by atoms with Crippen molar-refractivity contribution in [3.8, 4) is 0 Å². The maximum absolute atomic E-state index is 8.61. The van der Waals surface area contributed by atoms with Gasteiger partial charge < -0.3 is 10.8 Å². The van der Waals surface area contributed by atoms with Crippen LogP contribution in [0.15, 0.2) is 18.2 Å². The van der Waals surface area contributed by atoms with Crippen LogP contribution in [0.3, 0.4) is 0 Å². The van der Waals surface area contributed by atoms with Crippen LogP contribution in [0.5, 0.6) is 0 Å². The predicted octanol–water partition coefficient (Wildman–Crippen LogP) is 2.24. The molecule has 0 aromatic heterocycles. The fourth-order valence-corrected chi connectivity index (χ4v) is 1.41. The van der Waals surface area contributed by atoms with E-state index in [1.165, 1.54) is 0 Å². The lowest BCUT2D eigenvalue weighted by Gasteiger charge is -2.04. The van der Waals surface area contributed by atoms with Crippen molar-refractivity contribution in [2.24, 2.45) is 0 Å². The van der Waals surface area contributed by atoms with E-state index in [0.717, 1.165) is 30.5 Å². The van der Waals surface area contributed by atoms with Gasteiger partial charge in [0, 0.05) is 17.3 Å². The molecule has 1 aromatic rings. The molecule has 0 bridgehead atoms. The second-order valence-corrected chi connectivity index (χ2v) is 3.46. The SMILES string of the molecule is Nc1ccc(Cl)cc1CCCCO. The smallest absolute Gasteiger partial charge is 0.0431 e. The molecular formula is C10H14ClNO. The number of nitrogen functional groups attached to an aromatic ring is 1. The summed E-state index contributed by atoms with van der Waals surface area (Å²) in [6, 6.07) is 5.48. The molecular weight excluding hydrogens is 186 g/mol. The van der Waals surface area contributed by atoms with E-state index in [-0.39, 0.29) is 6.61 Å². The highest BCUT2D eigenvalue weighted by atomic mass is 35.5. The summed E-state index contributed by atoms with van der Waals surface area (Å²) in [6.07, 6.45) is 2.64. The number of aliphatic hydroxyl groups excluding tert-OH is 1. The summed E-state index contributed by atoms with van der Waals surface area (Å²) < 4.78 is 0. The first-order valence-electron chi connectivity index (χ1n) is 4.39. The number of rotatable bonds is 4. The molecule has 13 heavy (non-hydrogen) atoms. The lowest BCUT2D eigenvalue weighted by molar-refractivity contribution is 0.284. The minimum absolute atomic E-state index is 0.237. The van der Waals surface area contributed by atoms with Gasteiger partial charge in [-0.2, -0.15) is 0 Å². The van der Waals surface area contributed by atoms with E-state index in [4.69, 9.17) is 22.4 Å². The molecule has 3 heteroatoms. The van der Waals surface area contributed by atoms with Gasteiger partial charge in [0.05, 0.1) is 0 Å². The van der Waals surface area contributed by atoms with E-state index < -0.39 is 0 Å². The molecule has 0 saturated heterocycles. The highest BCUT2D eigenvalue weighted by molar-refractivity contribution is 6.30. The quantitative estimate of drug-likeness (QED) is 0.577. The number of anilines is 1. The molecule has 0 saturated carbocycles. The van der Waals surface area contributed by atoms with Crippen molar-refractivity contribution < 1.29 is 5.11 Å². The van der Waals surface area contributed by atoms with Gasteiger partial charge in [-0.1, -0.05) is 11.6 Å². The van der Waals surface area contributed by atoms with Crippen LogP contribution >= 0.6 is 11.6 Å². The summed E-state index contributed by atoms with van der Waals surface area (Å²) in [7, 11) is 0. The Morgan fingerprint density at radius 2 is 2.08 bits per heavy atom. The molecule has 0 atom stereocenters. The summed E-state index contributed by atoms with van der Waals surface area (Å²) in [4.78, 5) is 0. The molecule has 0 amide bonds. The minimum Gasteiger partial charge on any atom is -0.399 e. The monoisotopic (exact) mass is 199 g/mol. The van der Waals surface area contributed by atoms with E-state index in [9.17, 15) is 0 Å². The predicted molar refractivity (Wildman–Crippen MR) is 55.9 cm³/mol. The second-order valence-electron chi connectivity index (χ2n) is 3.02. The lowest BCUT2D eigenvalue weighted by atomic mass is 10.1. The zero-order valence-electron chi connectivity index (χ0n) is 7.46. The Bertz CT molecular complexity index is 276. The van der Waals surface area contributed by atoms with Gasteiger partial charge in [-0.05, 0) is 43.0 Å². The van der Waals surface area contributed by atoms with Crippen LogP contribution in [-0.2, 0) is 6.42 Å². The number of aliphatic hydroxyl groups is 1. The fraction of sp³-hybridized carbons (Fsp3) is 0.400. The van der Waals surface area contributed by atoms with Crippen molar-refractivity contribution >= 4 is 17.3 Å². The Kier molecular flexibility index (Phi) is 4.06. The molecule has 0 fully saturated rings. The normalized spacial score (nSPS) is 10.3. The Morgan fingerprint density at radius 3 is 2.77 bits per heavy atom. The number of hydrogen-bond acceptors (Lipinski definition) is 2. The van der Waals surface area contributed by atoms with E-state index in [0.29, 0.717) is 5.02 Å². The molecule has 1 rings (SSSR count). The molecule has 72 valence electrons. The van der Waals surface area contributed by atoms with Gasteiger partial charge in [0.1, 0.15) is 0 Å². The van der Waals surface area contributed by atoms with Crippen LogP contribution in [0, 0.1) is 0 Å². The molecule has 0 aliphatic carbocycles. The first kappa shape index (κ1) is 10.4.